The Labute approximate surface area is 271 Å². The number of guanidine groups is 1. The Morgan fingerprint density at radius 3 is 2.17 bits per heavy atom. The number of nitrogens with two attached hydrogens (primary N) is 4. The first kappa shape index (κ1) is 34.2. The summed E-state index contributed by atoms with van der Waals surface area (Å²) in [5.74, 6) is -2.66. The molecule has 248 valence electrons. The van der Waals surface area contributed by atoms with Crippen molar-refractivity contribution in [3.63, 3.8) is 0 Å². The Bertz CT molecular complexity index is 1670. The van der Waals surface area contributed by atoms with Crippen LogP contribution in [0.3, 0.4) is 0 Å². The predicted molar refractivity (Wildman–Crippen MR) is 177 cm³/mol. The largest absolute Gasteiger partial charge is 0.370 e. The van der Waals surface area contributed by atoms with Crippen LogP contribution in [0, 0.1) is 0 Å². The summed E-state index contributed by atoms with van der Waals surface area (Å²) in [6, 6.07) is 12.4. The molecule has 4 unspecified atom stereocenters. The average molecular weight is 644 g/mol. The van der Waals surface area contributed by atoms with Crippen molar-refractivity contribution in [3.05, 3.63) is 90.1 Å². The molecule has 4 rings (SSSR count). The second-order valence-electron chi connectivity index (χ2n) is 11.2. The fraction of sp³-hybridized carbons (Fsp3) is 0.312. The van der Waals surface area contributed by atoms with Gasteiger partial charge in [-0.25, -0.2) is 4.98 Å². The molecule has 0 aliphatic rings. The van der Waals surface area contributed by atoms with Gasteiger partial charge in [-0.05, 0) is 30.0 Å². The minimum atomic E-state index is -1.12. The third-order valence-electron chi connectivity index (χ3n) is 7.58. The highest BCUT2D eigenvalue weighted by molar-refractivity contribution is 5.95. The third kappa shape index (κ3) is 10.2. The summed E-state index contributed by atoms with van der Waals surface area (Å²) < 4.78 is 0. The van der Waals surface area contributed by atoms with Gasteiger partial charge in [-0.2, -0.15) is 0 Å². The zero-order chi connectivity index (χ0) is 33.8. The van der Waals surface area contributed by atoms with Crippen LogP contribution in [-0.4, -0.2) is 75.3 Å². The normalized spacial score (nSPS) is 13.6. The zero-order valence-electron chi connectivity index (χ0n) is 25.8. The molecule has 4 amide bonds. The lowest BCUT2D eigenvalue weighted by Crippen LogP contribution is -2.58. The Hall–Kier alpha value is -5.70. The molecule has 15 nitrogen and oxygen atoms in total. The van der Waals surface area contributed by atoms with E-state index in [4.69, 9.17) is 22.9 Å². The first-order valence-corrected chi connectivity index (χ1v) is 15.2. The number of aliphatic imine (C=N–C) groups is 1. The van der Waals surface area contributed by atoms with Crippen LogP contribution in [0.4, 0.5) is 0 Å². The van der Waals surface area contributed by atoms with Crippen LogP contribution in [-0.2, 0) is 38.4 Å². The van der Waals surface area contributed by atoms with Gasteiger partial charge >= 0.3 is 0 Å². The van der Waals surface area contributed by atoms with Gasteiger partial charge in [0.15, 0.2) is 5.96 Å². The minimum absolute atomic E-state index is 0.111. The van der Waals surface area contributed by atoms with Gasteiger partial charge in [0.1, 0.15) is 18.1 Å². The van der Waals surface area contributed by atoms with Crippen molar-refractivity contribution < 1.29 is 19.2 Å². The molecule has 0 bridgehead atoms. The summed E-state index contributed by atoms with van der Waals surface area (Å²) in [5.41, 5.74) is 25.8. The maximum absolute atomic E-state index is 13.8. The molecule has 2 aromatic heterocycles. The number of hydrogen-bond donors (Lipinski definition) is 9. The molecule has 0 radical (unpaired) electrons. The molecule has 0 aliphatic heterocycles. The van der Waals surface area contributed by atoms with Crippen molar-refractivity contribution in [1.29, 1.82) is 0 Å². The van der Waals surface area contributed by atoms with Crippen LogP contribution in [0.2, 0.25) is 0 Å². The van der Waals surface area contributed by atoms with E-state index in [-0.39, 0.29) is 38.2 Å². The van der Waals surface area contributed by atoms with Gasteiger partial charge in [0, 0.05) is 54.8 Å². The first-order chi connectivity index (χ1) is 22.6. The molecule has 13 N–H and O–H groups in total. The molecule has 4 atom stereocenters. The lowest BCUT2D eigenvalue weighted by atomic mass is 10.0. The van der Waals surface area contributed by atoms with E-state index in [1.807, 2.05) is 54.6 Å². The number of H-pyrrole nitrogens is 2. The highest BCUT2D eigenvalue weighted by Gasteiger charge is 2.30. The summed E-state index contributed by atoms with van der Waals surface area (Å²) in [4.78, 5) is 67.0. The Balaban J connectivity index is 1.51. The van der Waals surface area contributed by atoms with Crippen LogP contribution in [0.15, 0.2) is 78.3 Å². The summed E-state index contributed by atoms with van der Waals surface area (Å²) >= 11 is 0. The number of imidazole rings is 1. The number of benzene rings is 2. The predicted octanol–water partition coefficient (Wildman–Crippen LogP) is -0.760. The Morgan fingerprint density at radius 2 is 1.47 bits per heavy atom. The summed E-state index contributed by atoms with van der Waals surface area (Å²) in [6.45, 7) is 0.198. The van der Waals surface area contributed by atoms with E-state index in [1.165, 1.54) is 6.33 Å². The van der Waals surface area contributed by atoms with E-state index >= 15 is 0 Å². The Kier molecular flexibility index (Phi) is 12.0. The number of aromatic amines is 2. The summed E-state index contributed by atoms with van der Waals surface area (Å²) in [7, 11) is 0. The van der Waals surface area contributed by atoms with Gasteiger partial charge in [0.25, 0.3) is 0 Å². The van der Waals surface area contributed by atoms with Crippen LogP contribution in [0.25, 0.3) is 10.9 Å². The van der Waals surface area contributed by atoms with Gasteiger partial charge in [0.2, 0.25) is 23.6 Å². The van der Waals surface area contributed by atoms with Crippen molar-refractivity contribution in [1.82, 2.24) is 30.9 Å². The van der Waals surface area contributed by atoms with Crippen LogP contribution in [0.1, 0.15) is 29.7 Å². The highest BCUT2D eigenvalue weighted by atomic mass is 16.2. The summed E-state index contributed by atoms with van der Waals surface area (Å²) in [6.07, 6.45) is 5.67. The van der Waals surface area contributed by atoms with Crippen molar-refractivity contribution in [2.45, 2.75) is 56.3 Å². The molecule has 15 heteroatoms. The van der Waals surface area contributed by atoms with E-state index in [1.54, 1.807) is 12.4 Å². The topological polar surface area (TPSA) is 265 Å². The monoisotopic (exact) mass is 643 g/mol. The number of para-hydroxylation sites is 1. The molecule has 0 fully saturated rings. The minimum Gasteiger partial charge on any atom is -0.370 e. The molecular weight excluding hydrogens is 602 g/mol. The van der Waals surface area contributed by atoms with E-state index in [0.29, 0.717) is 12.1 Å². The fourth-order valence-corrected chi connectivity index (χ4v) is 5.12. The lowest BCUT2D eigenvalue weighted by Gasteiger charge is -2.25. The zero-order valence-corrected chi connectivity index (χ0v) is 25.8. The molecule has 2 heterocycles. The quantitative estimate of drug-likeness (QED) is 0.0400. The van der Waals surface area contributed by atoms with Gasteiger partial charge in [-0.15, -0.1) is 0 Å². The second kappa shape index (κ2) is 16.6. The second-order valence-corrected chi connectivity index (χ2v) is 11.2. The number of fused-ring (bicyclic) bond motifs is 1. The van der Waals surface area contributed by atoms with E-state index in [2.05, 4.69) is 35.9 Å². The van der Waals surface area contributed by atoms with Crippen molar-refractivity contribution in [2.24, 2.45) is 27.9 Å². The fourth-order valence-electron chi connectivity index (χ4n) is 5.12. The molecule has 2 aromatic carbocycles. The molecule has 0 spiro atoms. The first-order valence-electron chi connectivity index (χ1n) is 15.2. The number of amides is 4. The number of carbonyl (C=O) groups is 4. The van der Waals surface area contributed by atoms with Crippen molar-refractivity contribution >= 4 is 40.5 Å². The van der Waals surface area contributed by atoms with Crippen molar-refractivity contribution in [3.8, 4) is 0 Å². The molecule has 0 saturated carbocycles. The Morgan fingerprint density at radius 1 is 0.787 bits per heavy atom. The SMILES string of the molecule is NC(=O)C(Cc1c[nH]c2ccccc12)NC(=O)C(CCCN=C(N)N)NC(=O)C(Cc1ccccc1)NC(=O)C(N)Cc1cnc[nH]1. The number of aromatic nitrogens is 3. The number of hydrogen-bond acceptors (Lipinski definition) is 7. The van der Waals surface area contributed by atoms with E-state index < -0.39 is 47.8 Å². The highest BCUT2D eigenvalue weighted by Crippen LogP contribution is 2.19. The van der Waals surface area contributed by atoms with Crippen LogP contribution in [0.5, 0.6) is 0 Å². The van der Waals surface area contributed by atoms with E-state index in [0.717, 1.165) is 22.0 Å². The molecule has 4 aromatic rings. The standard InChI is InChI=1S/C32H41N11O4/c33-23(15-21-17-37-18-40-21)29(45)43-27(13-19-7-2-1-3-8-19)31(47)41-25(11-6-12-38-32(35)36)30(46)42-26(28(34)44)14-20-16-39-24-10-5-4-9-22(20)24/h1-5,7-10,16-18,23,25-27,39H,6,11-15,33H2,(H2,34,44)(H,37,40)(H,41,47)(H,42,46)(H,43,45)(H4,35,36,38). The van der Waals surface area contributed by atoms with Gasteiger partial charge < -0.3 is 48.9 Å². The number of carbonyl (C=O) groups excluding carboxylic acids is 4. The van der Waals surface area contributed by atoms with Gasteiger partial charge in [0.05, 0.1) is 12.4 Å². The smallest absolute Gasteiger partial charge is 0.243 e. The molecule has 0 saturated heterocycles. The van der Waals surface area contributed by atoms with Gasteiger partial charge in [-0.1, -0.05) is 48.5 Å². The third-order valence-corrected chi connectivity index (χ3v) is 7.58. The lowest BCUT2D eigenvalue weighted by molar-refractivity contribution is -0.133. The number of primary amides is 1. The number of nitrogens with one attached hydrogen (secondary N) is 5. The van der Waals surface area contributed by atoms with E-state index in [9.17, 15) is 19.2 Å². The van der Waals surface area contributed by atoms with Crippen LogP contribution < -0.4 is 38.9 Å². The maximum atomic E-state index is 13.8. The molecular formula is C32H41N11O4. The number of rotatable bonds is 17. The molecule has 0 aliphatic carbocycles. The average Bonchev–Trinajstić information content (AvgIpc) is 3.72. The molecule has 47 heavy (non-hydrogen) atoms. The van der Waals surface area contributed by atoms with Crippen LogP contribution >= 0.6 is 0 Å². The maximum Gasteiger partial charge on any atom is 0.243 e. The summed E-state index contributed by atoms with van der Waals surface area (Å²) in [5, 5.41) is 9.08. The number of nitrogens with zero attached hydrogens (tertiary/aromatic N) is 2. The van der Waals surface area contributed by atoms with Gasteiger partial charge in [-0.3, -0.25) is 24.2 Å². The van der Waals surface area contributed by atoms with Crippen molar-refractivity contribution in [2.75, 3.05) is 6.54 Å².